The van der Waals surface area contributed by atoms with E-state index in [9.17, 15) is 19.3 Å². The van der Waals surface area contributed by atoms with Crippen LogP contribution in [-0.2, 0) is 0 Å². The van der Waals surface area contributed by atoms with E-state index in [0.29, 0.717) is 5.56 Å². The number of nitro benzene ring substituents is 1. The van der Waals surface area contributed by atoms with E-state index in [2.05, 4.69) is 0 Å². The van der Waals surface area contributed by atoms with Crippen LogP contribution in [0.5, 0.6) is 11.5 Å². The number of hydrogen-bond donors (Lipinski definition) is 1. The van der Waals surface area contributed by atoms with Crippen molar-refractivity contribution in [3.8, 4) is 11.5 Å². The molecule has 0 aromatic heterocycles. The number of nitro groups is 1. The van der Waals surface area contributed by atoms with Crippen LogP contribution in [0, 0.1) is 22.9 Å². The zero-order valence-electron chi connectivity index (χ0n) is 10.9. The van der Waals surface area contributed by atoms with Crippen LogP contribution in [0.25, 0.3) is 0 Å². The normalized spacial score (nSPS) is 10.2. The van der Waals surface area contributed by atoms with Gasteiger partial charge >= 0.3 is 5.97 Å². The molecule has 7 heteroatoms. The molecule has 0 saturated carbocycles. The van der Waals surface area contributed by atoms with Crippen LogP contribution < -0.4 is 4.74 Å². The highest BCUT2D eigenvalue weighted by Crippen LogP contribution is 2.31. The number of benzene rings is 2. The van der Waals surface area contributed by atoms with E-state index in [1.54, 1.807) is 6.92 Å². The van der Waals surface area contributed by atoms with Gasteiger partial charge in [-0.1, -0.05) is 0 Å². The molecule has 0 spiro atoms. The number of halogens is 1. The number of hydrogen-bond acceptors (Lipinski definition) is 4. The van der Waals surface area contributed by atoms with Gasteiger partial charge < -0.3 is 9.84 Å². The molecule has 0 bridgehead atoms. The van der Waals surface area contributed by atoms with Crippen molar-refractivity contribution in [1.29, 1.82) is 0 Å². The fourth-order valence-corrected chi connectivity index (χ4v) is 1.73. The molecule has 0 saturated heterocycles. The average Bonchev–Trinajstić information content (AvgIpc) is 2.41. The van der Waals surface area contributed by atoms with Gasteiger partial charge in [0.15, 0.2) is 0 Å². The Morgan fingerprint density at radius 2 is 1.95 bits per heavy atom. The van der Waals surface area contributed by atoms with Gasteiger partial charge in [-0.2, -0.15) is 0 Å². The minimum Gasteiger partial charge on any atom is -0.478 e. The van der Waals surface area contributed by atoms with Gasteiger partial charge in [0.25, 0.3) is 5.69 Å². The lowest BCUT2D eigenvalue weighted by molar-refractivity contribution is -0.384. The van der Waals surface area contributed by atoms with Crippen molar-refractivity contribution in [2.45, 2.75) is 6.92 Å². The number of carboxylic acids is 1. The molecule has 2 aromatic rings. The summed E-state index contributed by atoms with van der Waals surface area (Å²) in [6.07, 6.45) is 0. The summed E-state index contributed by atoms with van der Waals surface area (Å²) >= 11 is 0. The maximum atomic E-state index is 13.0. The number of rotatable bonds is 4. The van der Waals surface area contributed by atoms with Crippen LogP contribution in [0.3, 0.4) is 0 Å². The van der Waals surface area contributed by atoms with E-state index < -0.39 is 16.7 Å². The van der Waals surface area contributed by atoms with E-state index in [1.807, 2.05) is 0 Å². The predicted molar refractivity (Wildman–Crippen MR) is 71.3 cm³/mol. The van der Waals surface area contributed by atoms with Crippen molar-refractivity contribution < 1.29 is 24.0 Å². The van der Waals surface area contributed by atoms with Gasteiger partial charge in [-0.05, 0) is 36.8 Å². The fraction of sp³-hybridized carbons (Fsp3) is 0.0714. The molecule has 2 rings (SSSR count). The van der Waals surface area contributed by atoms with Crippen LogP contribution in [-0.4, -0.2) is 16.0 Å². The lowest BCUT2D eigenvalue weighted by Gasteiger charge is -2.10. The summed E-state index contributed by atoms with van der Waals surface area (Å²) in [5, 5.41) is 19.8. The minimum atomic E-state index is -1.28. The number of aryl methyl sites for hydroxylation is 1. The van der Waals surface area contributed by atoms with Gasteiger partial charge in [0.1, 0.15) is 22.9 Å². The van der Waals surface area contributed by atoms with Crippen molar-refractivity contribution in [2.75, 3.05) is 0 Å². The van der Waals surface area contributed by atoms with Crippen LogP contribution >= 0.6 is 0 Å². The number of ether oxygens (including phenoxy) is 1. The Bertz CT molecular complexity index is 729. The summed E-state index contributed by atoms with van der Waals surface area (Å²) < 4.78 is 18.4. The molecule has 0 aliphatic heterocycles. The van der Waals surface area contributed by atoms with Crippen LogP contribution in [0.1, 0.15) is 15.9 Å². The Labute approximate surface area is 118 Å². The van der Waals surface area contributed by atoms with Gasteiger partial charge in [-0.3, -0.25) is 10.1 Å². The molecule has 0 atom stereocenters. The monoisotopic (exact) mass is 291 g/mol. The predicted octanol–water partition coefficient (Wildman–Crippen LogP) is 3.53. The summed E-state index contributed by atoms with van der Waals surface area (Å²) in [6, 6.07) is 6.89. The Kier molecular flexibility index (Phi) is 3.84. The molecule has 2 aromatic carbocycles. The third-order valence-electron chi connectivity index (χ3n) is 2.76. The molecule has 0 amide bonds. The van der Waals surface area contributed by atoms with E-state index in [0.717, 1.165) is 24.3 Å². The summed E-state index contributed by atoms with van der Waals surface area (Å²) in [6.45, 7) is 1.58. The van der Waals surface area contributed by atoms with Crippen LogP contribution in [0.4, 0.5) is 10.1 Å². The molecular formula is C14H10FNO5. The van der Waals surface area contributed by atoms with Crippen LogP contribution in [0.15, 0.2) is 36.4 Å². The Hall–Kier alpha value is -2.96. The second kappa shape index (κ2) is 5.58. The SMILES string of the molecule is Cc1cc(F)ccc1Oc1cc([N+](=O)[O-])ccc1C(=O)O. The summed E-state index contributed by atoms with van der Waals surface area (Å²) in [5.74, 6) is -1.69. The molecular weight excluding hydrogens is 281 g/mol. The lowest BCUT2D eigenvalue weighted by atomic mass is 10.1. The molecule has 0 fully saturated rings. The highest BCUT2D eigenvalue weighted by atomic mass is 19.1. The van der Waals surface area contributed by atoms with E-state index >= 15 is 0 Å². The summed E-state index contributed by atoms with van der Waals surface area (Å²) in [5.41, 5.74) is -0.0723. The highest BCUT2D eigenvalue weighted by molar-refractivity contribution is 5.91. The largest absolute Gasteiger partial charge is 0.478 e. The topological polar surface area (TPSA) is 89.7 Å². The van der Waals surface area contributed by atoms with Crippen molar-refractivity contribution >= 4 is 11.7 Å². The molecule has 0 radical (unpaired) electrons. The zero-order valence-corrected chi connectivity index (χ0v) is 10.9. The van der Waals surface area contributed by atoms with E-state index in [4.69, 9.17) is 9.84 Å². The first kappa shape index (κ1) is 14.4. The molecule has 108 valence electrons. The Balaban J connectivity index is 2.48. The second-order valence-corrected chi connectivity index (χ2v) is 4.25. The molecule has 0 unspecified atom stereocenters. The van der Waals surface area contributed by atoms with Gasteiger partial charge in [-0.25, -0.2) is 9.18 Å². The maximum Gasteiger partial charge on any atom is 0.339 e. The van der Waals surface area contributed by atoms with Crippen molar-refractivity contribution in [3.05, 3.63) is 63.5 Å². The average molecular weight is 291 g/mol. The Morgan fingerprint density at radius 3 is 2.52 bits per heavy atom. The van der Waals surface area contributed by atoms with Crippen molar-refractivity contribution in [3.63, 3.8) is 0 Å². The fourth-order valence-electron chi connectivity index (χ4n) is 1.73. The maximum absolute atomic E-state index is 13.0. The van der Waals surface area contributed by atoms with Crippen molar-refractivity contribution in [2.24, 2.45) is 0 Å². The van der Waals surface area contributed by atoms with Gasteiger partial charge in [0.2, 0.25) is 0 Å². The first-order chi connectivity index (χ1) is 9.88. The Morgan fingerprint density at radius 1 is 1.24 bits per heavy atom. The number of aromatic carboxylic acids is 1. The van der Waals surface area contributed by atoms with Crippen molar-refractivity contribution in [1.82, 2.24) is 0 Å². The molecule has 6 nitrogen and oxygen atoms in total. The third-order valence-corrected chi connectivity index (χ3v) is 2.76. The quantitative estimate of drug-likeness (QED) is 0.687. The van der Waals surface area contributed by atoms with Gasteiger partial charge in [0.05, 0.1) is 11.0 Å². The summed E-state index contributed by atoms with van der Waals surface area (Å²) in [7, 11) is 0. The lowest BCUT2D eigenvalue weighted by Crippen LogP contribution is -2.01. The molecule has 21 heavy (non-hydrogen) atoms. The standard InChI is InChI=1S/C14H10FNO5/c1-8-6-9(15)2-5-12(8)21-13-7-10(16(19)20)3-4-11(13)14(17)18/h2-7H,1H3,(H,17,18). The molecule has 1 N–H and O–H groups in total. The number of carbonyl (C=O) groups is 1. The van der Waals surface area contributed by atoms with E-state index in [-0.39, 0.29) is 22.7 Å². The molecule has 0 aliphatic carbocycles. The molecule has 0 heterocycles. The second-order valence-electron chi connectivity index (χ2n) is 4.25. The minimum absolute atomic E-state index is 0.175. The van der Waals surface area contributed by atoms with Gasteiger partial charge in [-0.15, -0.1) is 0 Å². The third kappa shape index (κ3) is 3.14. The highest BCUT2D eigenvalue weighted by Gasteiger charge is 2.18. The number of nitrogens with zero attached hydrogens (tertiary/aromatic N) is 1. The number of non-ortho nitro benzene ring substituents is 1. The first-order valence-electron chi connectivity index (χ1n) is 5.84. The first-order valence-corrected chi connectivity index (χ1v) is 5.84. The number of carboxylic acid groups (broad SMARTS) is 1. The smallest absolute Gasteiger partial charge is 0.339 e. The zero-order chi connectivity index (χ0) is 15.6. The van der Waals surface area contributed by atoms with Crippen LogP contribution in [0.2, 0.25) is 0 Å². The molecule has 0 aliphatic rings. The van der Waals surface area contributed by atoms with E-state index in [1.165, 1.54) is 12.1 Å². The van der Waals surface area contributed by atoms with Gasteiger partial charge in [0, 0.05) is 6.07 Å². The summed E-state index contributed by atoms with van der Waals surface area (Å²) in [4.78, 5) is 21.2.